The topological polar surface area (TPSA) is 29.5 Å². The average molecular weight is 271 g/mol. The molecule has 2 nitrogen and oxygen atoms in total. The number of hydrogen-bond acceptors (Lipinski definition) is 3. The maximum atomic E-state index is 10.2. The van der Waals surface area contributed by atoms with E-state index in [0.29, 0.717) is 17.4 Å². The fraction of sp³-hybridized carbons (Fsp3) is 0.538. The molecule has 0 amide bonds. The van der Waals surface area contributed by atoms with Crippen LogP contribution in [-0.4, -0.2) is 22.7 Å². The Kier molecular flexibility index (Phi) is 3.24. The quantitative estimate of drug-likeness (QED) is 0.849. The monoisotopic (exact) mass is 270 g/mol. The van der Waals surface area contributed by atoms with Crippen molar-refractivity contribution in [2.75, 3.05) is 11.5 Å². The first kappa shape index (κ1) is 11.7. The summed E-state index contributed by atoms with van der Waals surface area (Å²) in [6.07, 6.45) is 1.62. The highest BCUT2D eigenvalue weighted by atomic mass is 35.5. The van der Waals surface area contributed by atoms with Gasteiger partial charge in [0.1, 0.15) is 11.9 Å². The fourth-order valence-electron chi connectivity index (χ4n) is 2.58. The van der Waals surface area contributed by atoms with Crippen molar-refractivity contribution in [1.82, 2.24) is 0 Å². The van der Waals surface area contributed by atoms with Crippen LogP contribution in [0.1, 0.15) is 24.5 Å². The third-order valence-corrected chi connectivity index (χ3v) is 4.98. The lowest BCUT2D eigenvalue weighted by Crippen LogP contribution is -2.32. The van der Waals surface area contributed by atoms with E-state index in [1.807, 2.05) is 23.9 Å². The van der Waals surface area contributed by atoms with Crippen LogP contribution in [0.25, 0.3) is 0 Å². The van der Waals surface area contributed by atoms with Crippen molar-refractivity contribution in [2.45, 2.75) is 25.0 Å². The Hall–Kier alpha value is -0.380. The Labute approximate surface area is 110 Å². The van der Waals surface area contributed by atoms with E-state index >= 15 is 0 Å². The van der Waals surface area contributed by atoms with E-state index in [4.69, 9.17) is 16.3 Å². The van der Waals surface area contributed by atoms with Gasteiger partial charge in [0.15, 0.2) is 0 Å². The first-order valence-corrected chi connectivity index (χ1v) is 7.49. The summed E-state index contributed by atoms with van der Waals surface area (Å²) in [5, 5.41) is 10.8. The largest absolute Gasteiger partial charge is 0.490 e. The van der Waals surface area contributed by atoms with Gasteiger partial charge in [0, 0.05) is 22.9 Å². The van der Waals surface area contributed by atoms with E-state index < -0.39 is 6.10 Å². The van der Waals surface area contributed by atoms with Crippen molar-refractivity contribution in [2.24, 2.45) is 5.92 Å². The van der Waals surface area contributed by atoms with E-state index in [-0.39, 0.29) is 6.10 Å². The number of ether oxygens (including phenoxy) is 1. The summed E-state index contributed by atoms with van der Waals surface area (Å²) < 4.78 is 6.01. The maximum absolute atomic E-state index is 10.2. The Balaban J connectivity index is 1.84. The number of halogens is 1. The molecule has 0 aliphatic carbocycles. The molecular weight excluding hydrogens is 256 g/mol. The Morgan fingerprint density at radius 1 is 1.41 bits per heavy atom. The van der Waals surface area contributed by atoms with Crippen LogP contribution >= 0.6 is 23.4 Å². The molecule has 1 fully saturated rings. The smallest absolute Gasteiger partial charge is 0.125 e. The molecule has 3 atom stereocenters. The number of thioether (sulfide) groups is 1. The molecule has 2 aliphatic heterocycles. The van der Waals surface area contributed by atoms with Crippen LogP contribution in [0.3, 0.4) is 0 Å². The second kappa shape index (κ2) is 4.71. The highest BCUT2D eigenvalue weighted by molar-refractivity contribution is 7.99. The van der Waals surface area contributed by atoms with E-state index in [1.165, 1.54) is 12.2 Å². The third-order valence-electron chi connectivity index (χ3n) is 3.56. The molecule has 3 rings (SSSR count). The van der Waals surface area contributed by atoms with Crippen LogP contribution in [0, 0.1) is 5.92 Å². The number of aliphatic hydroxyl groups excluding tert-OH is 1. The van der Waals surface area contributed by atoms with Crippen molar-refractivity contribution in [3.63, 3.8) is 0 Å². The van der Waals surface area contributed by atoms with Crippen molar-refractivity contribution in [3.05, 3.63) is 28.8 Å². The maximum Gasteiger partial charge on any atom is 0.125 e. The number of hydrogen-bond donors (Lipinski definition) is 1. The summed E-state index contributed by atoms with van der Waals surface area (Å²) in [6, 6.07) is 5.50. The number of aliphatic hydroxyl groups is 1. The Morgan fingerprint density at radius 3 is 3.06 bits per heavy atom. The van der Waals surface area contributed by atoms with Gasteiger partial charge in [0.25, 0.3) is 0 Å². The van der Waals surface area contributed by atoms with Gasteiger partial charge in [-0.25, -0.2) is 0 Å². The van der Waals surface area contributed by atoms with Crippen molar-refractivity contribution >= 4 is 23.4 Å². The van der Waals surface area contributed by atoms with Gasteiger partial charge >= 0.3 is 0 Å². The summed E-state index contributed by atoms with van der Waals surface area (Å²) in [5.74, 6) is 3.75. The lowest BCUT2D eigenvalue weighted by atomic mass is 9.91. The first-order valence-electron chi connectivity index (χ1n) is 5.96. The van der Waals surface area contributed by atoms with Crippen LogP contribution in [-0.2, 0) is 0 Å². The second-order valence-corrected chi connectivity index (χ2v) is 6.30. The van der Waals surface area contributed by atoms with Crippen molar-refractivity contribution in [1.29, 1.82) is 0 Å². The molecular formula is C13H15ClO2S. The summed E-state index contributed by atoms with van der Waals surface area (Å²) >= 11 is 7.91. The van der Waals surface area contributed by atoms with Gasteiger partial charge in [0.2, 0.25) is 0 Å². The standard InChI is InChI=1S/C13H15ClO2S/c14-9-1-2-12-10(5-9)11(15)6-13(16-12)8-3-4-17-7-8/h1-2,5,8,11,13,15H,3-4,6-7H2. The van der Waals surface area contributed by atoms with Gasteiger partial charge in [-0.05, 0) is 36.1 Å². The minimum Gasteiger partial charge on any atom is -0.490 e. The minimum atomic E-state index is -0.437. The van der Waals surface area contributed by atoms with Crippen LogP contribution in [0.15, 0.2) is 18.2 Å². The van der Waals surface area contributed by atoms with Gasteiger partial charge < -0.3 is 9.84 Å². The Bertz CT molecular complexity index is 418. The van der Waals surface area contributed by atoms with Crippen LogP contribution in [0.4, 0.5) is 0 Å². The molecule has 0 saturated carbocycles. The van der Waals surface area contributed by atoms with E-state index in [0.717, 1.165) is 17.1 Å². The molecule has 2 aliphatic rings. The van der Waals surface area contributed by atoms with Crippen molar-refractivity contribution in [3.8, 4) is 5.75 Å². The Morgan fingerprint density at radius 2 is 2.29 bits per heavy atom. The van der Waals surface area contributed by atoms with E-state index in [1.54, 1.807) is 6.07 Å². The zero-order valence-corrected chi connectivity index (χ0v) is 11.0. The molecule has 17 heavy (non-hydrogen) atoms. The first-order chi connectivity index (χ1) is 8.24. The number of fused-ring (bicyclic) bond motifs is 1. The summed E-state index contributed by atoms with van der Waals surface area (Å²) in [7, 11) is 0. The predicted octanol–water partition coefficient (Wildman–Crippen LogP) is 3.28. The predicted molar refractivity (Wildman–Crippen MR) is 70.9 cm³/mol. The van der Waals surface area contributed by atoms with Gasteiger partial charge in [-0.3, -0.25) is 0 Å². The summed E-state index contributed by atoms with van der Waals surface area (Å²) in [6.45, 7) is 0. The molecule has 0 radical (unpaired) electrons. The molecule has 1 N–H and O–H groups in total. The molecule has 4 heteroatoms. The minimum absolute atomic E-state index is 0.161. The molecule has 3 unspecified atom stereocenters. The molecule has 1 aromatic carbocycles. The molecule has 0 aromatic heterocycles. The molecule has 2 heterocycles. The van der Waals surface area contributed by atoms with Gasteiger partial charge in [-0.1, -0.05) is 11.6 Å². The fourth-order valence-corrected chi connectivity index (χ4v) is 4.08. The van der Waals surface area contributed by atoms with E-state index in [9.17, 15) is 5.11 Å². The highest BCUT2D eigenvalue weighted by Crippen LogP contribution is 2.40. The molecule has 92 valence electrons. The second-order valence-electron chi connectivity index (χ2n) is 4.71. The molecule has 1 aromatic rings. The highest BCUT2D eigenvalue weighted by Gasteiger charge is 2.34. The van der Waals surface area contributed by atoms with Crippen LogP contribution < -0.4 is 4.74 Å². The summed E-state index contributed by atoms with van der Waals surface area (Å²) in [5.41, 5.74) is 0.833. The zero-order valence-electron chi connectivity index (χ0n) is 9.43. The normalized spacial score (nSPS) is 32.0. The number of benzene rings is 1. The third kappa shape index (κ3) is 2.28. The van der Waals surface area contributed by atoms with Crippen LogP contribution in [0.5, 0.6) is 5.75 Å². The van der Waals surface area contributed by atoms with E-state index in [2.05, 4.69) is 0 Å². The zero-order chi connectivity index (χ0) is 11.8. The van der Waals surface area contributed by atoms with Crippen molar-refractivity contribution < 1.29 is 9.84 Å². The van der Waals surface area contributed by atoms with Crippen LogP contribution in [0.2, 0.25) is 5.02 Å². The summed E-state index contributed by atoms with van der Waals surface area (Å²) in [4.78, 5) is 0. The lowest BCUT2D eigenvalue weighted by Gasteiger charge is -2.33. The lowest BCUT2D eigenvalue weighted by molar-refractivity contribution is 0.0403. The number of rotatable bonds is 1. The molecule has 0 bridgehead atoms. The average Bonchev–Trinajstić information content (AvgIpc) is 2.83. The molecule has 1 saturated heterocycles. The van der Waals surface area contributed by atoms with Gasteiger partial charge in [-0.15, -0.1) is 0 Å². The van der Waals surface area contributed by atoms with Gasteiger partial charge in [-0.2, -0.15) is 11.8 Å². The molecule has 0 spiro atoms. The van der Waals surface area contributed by atoms with Gasteiger partial charge in [0.05, 0.1) is 6.10 Å². The SMILES string of the molecule is OC1CC(C2CCSC2)Oc2ccc(Cl)cc21.